The Morgan fingerprint density at radius 2 is 2.04 bits per heavy atom. The highest BCUT2D eigenvalue weighted by atomic mass is 16.5. The predicted molar refractivity (Wildman–Crippen MR) is 92.6 cm³/mol. The van der Waals surface area contributed by atoms with Gasteiger partial charge in [-0.25, -0.2) is 4.98 Å². The molecule has 1 atom stereocenters. The molecule has 0 radical (unpaired) electrons. The molecule has 0 saturated carbocycles. The van der Waals surface area contributed by atoms with Gasteiger partial charge in [0, 0.05) is 23.1 Å². The molecule has 1 aliphatic rings. The zero-order chi connectivity index (χ0) is 18.3. The van der Waals surface area contributed by atoms with Crippen molar-refractivity contribution in [1.29, 1.82) is 0 Å². The van der Waals surface area contributed by atoms with Gasteiger partial charge in [0.25, 0.3) is 5.88 Å². The molecule has 0 saturated heterocycles. The number of aromatic nitrogens is 2. The lowest BCUT2D eigenvalue weighted by Gasteiger charge is -2.32. The number of carbonyl (C=O) groups is 1. The summed E-state index contributed by atoms with van der Waals surface area (Å²) in [6, 6.07) is 3.31. The summed E-state index contributed by atoms with van der Waals surface area (Å²) in [6.45, 7) is 4.15. The number of fused-ring (bicyclic) bond motifs is 3. The van der Waals surface area contributed by atoms with Gasteiger partial charge in [-0.2, -0.15) is 0 Å². The van der Waals surface area contributed by atoms with Gasteiger partial charge in [-0.15, -0.1) is 0 Å². The molecule has 2 N–H and O–H groups in total. The molecular formula is C18H21N2O5+. The molecule has 7 nitrogen and oxygen atoms in total. The van der Waals surface area contributed by atoms with Crippen LogP contribution >= 0.6 is 0 Å². The van der Waals surface area contributed by atoms with Crippen LogP contribution in [0.3, 0.4) is 0 Å². The SMILES string of the molecule is COc1cc2c(nc1OC)-c1cc(=O)c(C(=O)[OH2+])cn1C(C(C)C)C2. The van der Waals surface area contributed by atoms with Gasteiger partial charge in [0.1, 0.15) is 0 Å². The number of rotatable bonds is 4. The van der Waals surface area contributed by atoms with E-state index in [0.29, 0.717) is 29.4 Å². The van der Waals surface area contributed by atoms with E-state index in [0.717, 1.165) is 5.56 Å². The first-order valence-electron chi connectivity index (χ1n) is 8.01. The van der Waals surface area contributed by atoms with Crippen LogP contribution in [0.5, 0.6) is 11.6 Å². The molecule has 3 heterocycles. The highest BCUT2D eigenvalue weighted by Crippen LogP contribution is 2.40. The molecule has 0 aromatic carbocycles. The second-order valence-corrected chi connectivity index (χ2v) is 6.40. The van der Waals surface area contributed by atoms with E-state index in [-0.39, 0.29) is 17.5 Å². The minimum atomic E-state index is -0.978. The Morgan fingerprint density at radius 3 is 2.60 bits per heavy atom. The Labute approximate surface area is 144 Å². The second kappa shape index (κ2) is 6.23. The van der Waals surface area contributed by atoms with Crippen molar-refractivity contribution in [2.75, 3.05) is 14.2 Å². The van der Waals surface area contributed by atoms with Crippen LogP contribution in [0.4, 0.5) is 0 Å². The third kappa shape index (κ3) is 2.75. The van der Waals surface area contributed by atoms with E-state index in [1.807, 2.05) is 10.6 Å². The fourth-order valence-electron chi connectivity index (χ4n) is 3.25. The lowest BCUT2D eigenvalue weighted by Crippen LogP contribution is -2.28. The van der Waals surface area contributed by atoms with Crippen molar-refractivity contribution >= 4 is 5.97 Å². The van der Waals surface area contributed by atoms with Gasteiger partial charge < -0.3 is 19.1 Å². The van der Waals surface area contributed by atoms with E-state index < -0.39 is 11.4 Å². The summed E-state index contributed by atoms with van der Waals surface area (Å²) in [7, 11) is 3.06. The first kappa shape index (κ1) is 17.0. The molecule has 1 aliphatic heterocycles. The van der Waals surface area contributed by atoms with Crippen LogP contribution in [-0.2, 0) is 6.42 Å². The lowest BCUT2D eigenvalue weighted by molar-refractivity contribution is 0.0694. The quantitative estimate of drug-likeness (QED) is 0.784. The largest absolute Gasteiger partial charge is 0.561 e. The maximum absolute atomic E-state index is 12.3. The Balaban J connectivity index is 2.31. The highest BCUT2D eigenvalue weighted by Gasteiger charge is 2.31. The molecular weight excluding hydrogens is 324 g/mol. The minimum Gasteiger partial charge on any atom is -0.561 e. The summed E-state index contributed by atoms with van der Waals surface area (Å²) in [5.74, 6) is 0.159. The van der Waals surface area contributed by atoms with Gasteiger partial charge in [-0.1, -0.05) is 13.8 Å². The third-order valence-electron chi connectivity index (χ3n) is 4.57. The zero-order valence-electron chi connectivity index (χ0n) is 14.6. The Morgan fingerprint density at radius 1 is 1.32 bits per heavy atom. The van der Waals surface area contributed by atoms with Crippen LogP contribution < -0.4 is 14.9 Å². The number of hydrogen-bond donors (Lipinski definition) is 0. The Bertz CT molecular complexity index is 901. The zero-order valence-corrected chi connectivity index (χ0v) is 14.6. The van der Waals surface area contributed by atoms with Crippen molar-refractivity contribution in [3.8, 4) is 23.0 Å². The van der Waals surface area contributed by atoms with Gasteiger partial charge in [0.05, 0.1) is 25.6 Å². The van der Waals surface area contributed by atoms with Gasteiger partial charge in [-0.05, 0) is 24.0 Å². The molecule has 0 fully saturated rings. The van der Waals surface area contributed by atoms with Crippen LogP contribution in [0, 0.1) is 5.92 Å². The van der Waals surface area contributed by atoms with Crippen LogP contribution in [0.2, 0.25) is 0 Å². The molecule has 132 valence electrons. The standard InChI is InChI=1S/C18H20N2O5/c1-9(2)12-5-10-6-15(24-3)17(25-4)19-16(10)13-7-14(21)11(18(22)23)8-20(12)13/h6-9,12H,5H2,1-4H3,(H,22,23)/p+1. The molecule has 25 heavy (non-hydrogen) atoms. The normalized spacial score (nSPS) is 15.5. The van der Waals surface area contributed by atoms with Gasteiger partial charge in [0.15, 0.2) is 11.3 Å². The van der Waals surface area contributed by atoms with Crippen molar-refractivity contribution in [2.45, 2.75) is 26.3 Å². The summed E-state index contributed by atoms with van der Waals surface area (Å²) in [5.41, 5.74) is 1.61. The summed E-state index contributed by atoms with van der Waals surface area (Å²) >= 11 is 0. The number of carbonyl (C=O) groups excluding carboxylic acids is 1. The monoisotopic (exact) mass is 345 g/mol. The number of ether oxygens (including phenoxy) is 2. The Hall–Kier alpha value is -2.83. The van der Waals surface area contributed by atoms with E-state index in [1.165, 1.54) is 19.4 Å². The molecule has 0 bridgehead atoms. The van der Waals surface area contributed by atoms with Crippen molar-refractivity contribution in [1.82, 2.24) is 9.55 Å². The average molecular weight is 345 g/mol. The lowest BCUT2D eigenvalue weighted by atomic mass is 9.89. The second-order valence-electron chi connectivity index (χ2n) is 6.40. The van der Waals surface area contributed by atoms with Crippen molar-refractivity contribution < 1.29 is 19.4 Å². The number of hydrogen-bond acceptors (Lipinski definition) is 5. The fraction of sp³-hybridized carbons (Fsp3) is 0.389. The van der Waals surface area contributed by atoms with Crippen LogP contribution in [-0.4, -0.2) is 34.8 Å². The topological polar surface area (TPSA) is 93.3 Å². The molecule has 0 aliphatic carbocycles. The fourth-order valence-corrected chi connectivity index (χ4v) is 3.25. The van der Waals surface area contributed by atoms with E-state index >= 15 is 0 Å². The summed E-state index contributed by atoms with van der Waals surface area (Å²) in [6.07, 6.45) is 2.17. The summed E-state index contributed by atoms with van der Waals surface area (Å²) in [5, 5.41) is 7.31. The molecule has 1 unspecified atom stereocenters. The first-order valence-corrected chi connectivity index (χ1v) is 8.01. The highest BCUT2D eigenvalue weighted by molar-refractivity contribution is 5.87. The minimum absolute atomic E-state index is 0.0427. The Kier molecular flexibility index (Phi) is 4.24. The number of pyridine rings is 2. The average Bonchev–Trinajstić information content (AvgIpc) is 2.58. The number of methoxy groups -OCH3 is 2. The van der Waals surface area contributed by atoms with Crippen molar-refractivity contribution in [3.63, 3.8) is 0 Å². The van der Waals surface area contributed by atoms with E-state index in [1.54, 1.807) is 7.11 Å². The smallest absolute Gasteiger partial charge is 0.554 e. The first-order chi connectivity index (χ1) is 11.9. The van der Waals surface area contributed by atoms with Crippen molar-refractivity contribution in [2.24, 2.45) is 5.92 Å². The third-order valence-corrected chi connectivity index (χ3v) is 4.57. The van der Waals surface area contributed by atoms with Crippen LogP contribution in [0.15, 0.2) is 23.1 Å². The molecule has 7 heteroatoms. The number of nitrogens with zero attached hydrogens (tertiary/aromatic N) is 2. The molecule has 2 aromatic heterocycles. The van der Waals surface area contributed by atoms with E-state index in [9.17, 15) is 9.59 Å². The van der Waals surface area contributed by atoms with Crippen molar-refractivity contribution in [3.05, 3.63) is 39.7 Å². The van der Waals surface area contributed by atoms with Gasteiger partial charge >= 0.3 is 5.97 Å². The molecule has 0 spiro atoms. The van der Waals surface area contributed by atoms with Crippen LogP contribution in [0.25, 0.3) is 11.4 Å². The predicted octanol–water partition coefficient (Wildman–Crippen LogP) is 1.55. The summed E-state index contributed by atoms with van der Waals surface area (Å²) in [4.78, 5) is 28.2. The summed E-state index contributed by atoms with van der Waals surface area (Å²) < 4.78 is 12.5. The molecule has 2 aromatic rings. The molecule has 3 rings (SSSR count). The van der Waals surface area contributed by atoms with E-state index in [4.69, 9.17) is 14.6 Å². The van der Waals surface area contributed by atoms with Crippen LogP contribution in [0.1, 0.15) is 35.8 Å². The molecule has 0 amide bonds. The van der Waals surface area contributed by atoms with E-state index in [2.05, 4.69) is 18.8 Å². The maximum Gasteiger partial charge on any atom is 0.554 e. The van der Waals surface area contributed by atoms with Gasteiger partial charge in [-0.3, -0.25) is 4.79 Å². The maximum atomic E-state index is 12.3. The van der Waals surface area contributed by atoms with Gasteiger partial charge in [0.2, 0.25) is 5.43 Å².